The van der Waals surface area contributed by atoms with Gasteiger partial charge in [0.2, 0.25) is 0 Å². The van der Waals surface area contributed by atoms with Crippen LogP contribution in [0.4, 0.5) is 13.2 Å². The lowest BCUT2D eigenvalue weighted by molar-refractivity contribution is -0.137. The third-order valence-electron chi connectivity index (χ3n) is 1.84. The fraction of sp³-hybridized carbons (Fsp3) is 0.667. The van der Waals surface area contributed by atoms with Gasteiger partial charge in [-0.1, -0.05) is 6.92 Å². The Balaban J connectivity index is 2.40. The minimum absolute atomic E-state index is 0.545. The summed E-state index contributed by atoms with van der Waals surface area (Å²) in [6, 6.07) is 0. The lowest BCUT2D eigenvalue weighted by Crippen LogP contribution is -2.03. The van der Waals surface area contributed by atoms with Gasteiger partial charge in [-0.15, -0.1) is 0 Å². The van der Waals surface area contributed by atoms with E-state index in [1.54, 1.807) is 11.8 Å². The van der Waals surface area contributed by atoms with E-state index in [4.69, 9.17) is 0 Å². The Morgan fingerprint density at radius 2 is 2.20 bits per heavy atom. The predicted molar refractivity (Wildman–Crippen MR) is 54.8 cm³/mol. The molecule has 0 radical (unpaired) electrons. The summed E-state index contributed by atoms with van der Waals surface area (Å²) in [7, 11) is 0. The molecule has 0 saturated carbocycles. The molecule has 2 nitrogen and oxygen atoms in total. The van der Waals surface area contributed by atoms with Crippen LogP contribution in [0.3, 0.4) is 0 Å². The monoisotopic (exact) mass is 238 g/mol. The first-order chi connectivity index (χ1) is 7.04. The van der Waals surface area contributed by atoms with Crippen LogP contribution in [0, 0.1) is 0 Å². The number of rotatable bonds is 5. The molecule has 0 saturated heterocycles. The molecule has 86 valence electrons. The highest BCUT2D eigenvalue weighted by Gasteiger charge is 2.31. The fourth-order valence-corrected chi connectivity index (χ4v) is 1.73. The second-order valence-electron chi connectivity index (χ2n) is 3.04. The molecule has 1 aromatic rings. The average Bonchev–Trinajstić information content (AvgIpc) is 2.60. The van der Waals surface area contributed by atoms with Gasteiger partial charge in [0.05, 0.1) is 11.8 Å². The van der Waals surface area contributed by atoms with Crippen molar-refractivity contribution < 1.29 is 13.2 Å². The van der Waals surface area contributed by atoms with Crippen molar-refractivity contribution in [2.24, 2.45) is 0 Å². The molecule has 0 spiro atoms. The smallest absolute Gasteiger partial charge is 0.272 e. The van der Waals surface area contributed by atoms with Gasteiger partial charge >= 0.3 is 6.18 Å². The Morgan fingerprint density at radius 1 is 1.47 bits per heavy atom. The summed E-state index contributed by atoms with van der Waals surface area (Å²) in [5.41, 5.74) is -0.675. The van der Waals surface area contributed by atoms with Crippen molar-refractivity contribution in [3.63, 3.8) is 0 Å². The van der Waals surface area contributed by atoms with E-state index in [2.05, 4.69) is 12.0 Å². The number of hydrogen-bond donors (Lipinski definition) is 0. The Kier molecular flexibility index (Phi) is 4.50. The van der Waals surface area contributed by atoms with E-state index in [1.807, 2.05) is 0 Å². The molecule has 0 N–H and O–H groups in total. The summed E-state index contributed by atoms with van der Waals surface area (Å²) in [4.78, 5) is 0. The molecule has 0 unspecified atom stereocenters. The van der Waals surface area contributed by atoms with Crippen LogP contribution in [-0.4, -0.2) is 21.3 Å². The number of hydrogen-bond acceptors (Lipinski definition) is 2. The van der Waals surface area contributed by atoms with E-state index in [9.17, 15) is 13.2 Å². The van der Waals surface area contributed by atoms with Crippen LogP contribution in [0.15, 0.2) is 12.4 Å². The first-order valence-electron chi connectivity index (χ1n) is 4.71. The standard InChI is InChI=1S/C9H13F3N2S/c1-2-15-5-3-4-14-7-8(6-13-14)9(10,11)12/h6-7H,2-5H2,1H3. The van der Waals surface area contributed by atoms with Gasteiger partial charge in [0.15, 0.2) is 0 Å². The molecule has 1 heterocycles. The van der Waals surface area contributed by atoms with Crippen molar-refractivity contribution in [1.29, 1.82) is 0 Å². The molecule has 0 aliphatic carbocycles. The van der Waals surface area contributed by atoms with Crippen molar-refractivity contribution in [1.82, 2.24) is 9.78 Å². The van der Waals surface area contributed by atoms with E-state index in [1.165, 1.54) is 4.68 Å². The van der Waals surface area contributed by atoms with E-state index in [-0.39, 0.29) is 0 Å². The summed E-state index contributed by atoms with van der Waals surface area (Å²) in [6.45, 7) is 2.60. The summed E-state index contributed by atoms with van der Waals surface area (Å²) in [5, 5.41) is 3.67. The van der Waals surface area contributed by atoms with Crippen LogP contribution in [0.5, 0.6) is 0 Å². The summed E-state index contributed by atoms with van der Waals surface area (Å²) in [6.07, 6.45) is -1.52. The van der Waals surface area contributed by atoms with Crippen LogP contribution in [0.2, 0.25) is 0 Å². The molecule has 0 amide bonds. The third-order valence-corrected chi connectivity index (χ3v) is 2.83. The van der Waals surface area contributed by atoms with Gasteiger partial charge < -0.3 is 0 Å². The van der Waals surface area contributed by atoms with Gasteiger partial charge in [-0.3, -0.25) is 4.68 Å². The third kappa shape index (κ3) is 4.15. The zero-order valence-electron chi connectivity index (χ0n) is 8.42. The van der Waals surface area contributed by atoms with Crippen LogP contribution >= 0.6 is 11.8 Å². The minimum Gasteiger partial charge on any atom is -0.272 e. The van der Waals surface area contributed by atoms with Gasteiger partial charge in [0.1, 0.15) is 0 Å². The Bertz CT molecular complexity index is 296. The molecule has 0 aliphatic heterocycles. The molecule has 1 aromatic heterocycles. The Labute approximate surface area is 90.8 Å². The number of alkyl halides is 3. The second-order valence-corrected chi connectivity index (χ2v) is 4.43. The maximum atomic E-state index is 12.2. The number of aromatic nitrogens is 2. The number of halogens is 3. The second kappa shape index (κ2) is 5.44. The largest absolute Gasteiger partial charge is 0.419 e. The first kappa shape index (κ1) is 12.4. The van der Waals surface area contributed by atoms with E-state index >= 15 is 0 Å². The molecule has 0 atom stereocenters. The Hall–Kier alpha value is -0.650. The van der Waals surface area contributed by atoms with Crippen LogP contribution in [0.1, 0.15) is 18.9 Å². The molecular formula is C9H13F3N2S. The number of aryl methyl sites for hydroxylation is 1. The molecule has 0 aliphatic rings. The molecule has 0 aromatic carbocycles. The lowest BCUT2D eigenvalue weighted by atomic mass is 10.3. The molecule has 15 heavy (non-hydrogen) atoms. The van der Waals surface area contributed by atoms with Crippen molar-refractivity contribution in [3.05, 3.63) is 18.0 Å². The molecule has 6 heteroatoms. The summed E-state index contributed by atoms with van der Waals surface area (Å²) >= 11 is 1.78. The molecule has 1 rings (SSSR count). The highest BCUT2D eigenvalue weighted by Crippen LogP contribution is 2.28. The van der Waals surface area contributed by atoms with E-state index < -0.39 is 11.7 Å². The summed E-state index contributed by atoms with van der Waals surface area (Å²) in [5.74, 6) is 1.99. The maximum absolute atomic E-state index is 12.2. The van der Waals surface area contributed by atoms with Gasteiger partial charge in [-0.05, 0) is 17.9 Å². The van der Waals surface area contributed by atoms with Crippen molar-refractivity contribution >= 4 is 11.8 Å². The molecule has 0 fully saturated rings. The topological polar surface area (TPSA) is 17.8 Å². The van der Waals surface area contributed by atoms with Crippen LogP contribution in [-0.2, 0) is 12.7 Å². The maximum Gasteiger partial charge on any atom is 0.419 e. The van der Waals surface area contributed by atoms with Crippen LogP contribution in [0.25, 0.3) is 0 Å². The lowest BCUT2D eigenvalue weighted by Gasteiger charge is -2.02. The van der Waals surface area contributed by atoms with E-state index in [0.717, 1.165) is 30.3 Å². The SMILES string of the molecule is CCSCCCn1cc(C(F)(F)F)cn1. The van der Waals surface area contributed by atoms with Crippen molar-refractivity contribution in [2.45, 2.75) is 26.1 Å². The number of thioether (sulfide) groups is 1. The predicted octanol–water partition coefficient (Wildman–Crippen LogP) is 3.05. The van der Waals surface area contributed by atoms with Gasteiger partial charge in [0, 0.05) is 12.7 Å². The minimum atomic E-state index is -4.28. The molecule has 0 bridgehead atoms. The summed E-state index contributed by atoms with van der Waals surface area (Å²) < 4.78 is 37.9. The van der Waals surface area contributed by atoms with Crippen LogP contribution < -0.4 is 0 Å². The van der Waals surface area contributed by atoms with Crippen molar-refractivity contribution in [2.75, 3.05) is 11.5 Å². The average molecular weight is 238 g/mol. The Morgan fingerprint density at radius 3 is 2.73 bits per heavy atom. The zero-order chi connectivity index (χ0) is 11.3. The number of nitrogens with zero attached hydrogens (tertiary/aromatic N) is 2. The highest BCUT2D eigenvalue weighted by molar-refractivity contribution is 7.99. The molecular weight excluding hydrogens is 225 g/mol. The van der Waals surface area contributed by atoms with Gasteiger partial charge in [0.25, 0.3) is 0 Å². The van der Waals surface area contributed by atoms with E-state index in [0.29, 0.717) is 6.54 Å². The zero-order valence-corrected chi connectivity index (χ0v) is 9.24. The van der Waals surface area contributed by atoms with Gasteiger partial charge in [-0.2, -0.15) is 30.0 Å². The van der Waals surface area contributed by atoms with Crippen molar-refractivity contribution in [3.8, 4) is 0 Å². The van der Waals surface area contributed by atoms with Gasteiger partial charge in [-0.25, -0.2) is 0 Å². The fourth-order valence-electron chi connectivity index (χ4n) is 1.11. The quantitative estimate of drug-likeness (QED) is 0.734. The highest BCUT2D eigenvalue weighted by atomic mass is 32.2. The normalized spacial score (nSPS) is 12.0. The first-order valence-corrected chi connectivity index (χ1v) is 5.87.